The molecule has 8 nitrogen and oxygen atoms in total. The SMILES string of the molecule is C=C(C=Cc1ccc(CN2CCOCC2)cc1)c1ccc(C(=O)N[C@H](C(=O)NO)[C@@H](C)N)cc1. The number of hydrogen-bond acceptors (Lipinski definition) is 6. The number of allylic oxidation sites excluding steroid dienone is 2. The zero-order valence-corrected chi connectivity index (χ0v) is 19.4. The van der Waals surface area contributed by atoms with E-state index in [9.17, 15) is 9.59 Å². The second-order valence-electron chi connectivity index (χ2n) is 8.35. The maximum absolute atomic E-state index is 12.5. The van der Waals surface area contributed by atoms with Gasteiger partial charge in [0.15, 0.2) is 0 Å². The van der Waals surface area contributed by atoms with E-state index in [0.29, 0.717) is 5.56 Å². The summed E-state index contributed by atoms with van der Waals surface area (Å²) in [5, 5.41) is 11.3. The fourth-order valence-corrected chi connectivity index (χ4v) is 3.61. The molecule has 0 bridgehead atoms. The van der Waals surface area contributed by atoms with Crippen molar-refractivity contribution in [3.63, 3.8) is 0 Å². The van der Waals surface area contributed by atoms with Crippen LogP contribution >= 0.6 is 0 Å². The van der Waals surface area contributed by atoms with Crippen LogP contribution in [0.25, 0.3) is 11.6 Å². The van der Waals surface area contributed by atoms with Gasteiger partial charge in [-0.3, -0.25) is 19.7 Å². The molecule has 1 aliphatic heterocycles. The fourth-order valence-electron chi connectivity index (χ4n) is 3.61. The molecule has 0 saturated carbocycles. The third-order valence-electron chi connectivity index (χ3n) is 5.69. The van der Waals surface area contributed by atoms with Gasteiger partial charge in [-0.15, -0.1) is 0 Å². The number of morpholine rings is 1. The van der Waals surface area contributed by atoms with Crippen LogP contribution in [0, 0.1) is 0 Å². The molecule has 1 heterocycles. The number of rotatable bonds is 9. The van der Waals surface area contributed by atoms with Crippen LogP contribution in [0.4, 0.5) is 0 Å². The van der Waals surface area contributed by atoms with Gasteiger partial charge in [0.05, 0.1) is 13.2 Å². The van der Waals surface area contributed by atoms with Gasteiger partial charge in [0.25, 0.3) is 11.8 Å². The predicted octanol–water partition coefficient (Wildman–Crippen LogP) is 2.20. The molecule has 1 aliphatic rings. The third-order valence-corrected chi connectivity index (χ3v) is 5.69. The summed E-state index contributed by atoms with van der Waals surface area (Å²) in [5.41, 5.74) is 11.6. The Labute approximate surface area is 200 Å². The summed E-state index contributed by atoms with van der Waals surface area (Å²) in [5.74, 6) is -1.23. The number of hydroxylamine groups is 1. The van der Waals surface area contributed by atoms with Crippen molar-refractivity contribution >= 4 is 23.5 Å². The van der Waals surface area contributed by atoms with Gasteiger partial charge in [0.1, 0.15) is 6.04 Å². The number of carbonyl (C=O) groups excluding carboxylic acids is 2. The molecule has 0 aliphatic carbocycles. The second kappa shape index (κ2) is 12.2. The lowest BCUT2D eigenvalue weighted by Crippen LogP contribution is -2.54. The number of nitrogens with zero attached hydrogens (tertiary/aromatic N) is 1. The number of nitrogens with one attached hydrogen (secondary N) is 2. The summed E-state index contributed by atoms with van der Waals surface area (Å²) in [4.78, 5) is 26.5. The monoisotopic (exact) mass is 464 g/mol. The summed E-state index contributed by atoms with van der Waals surface area (Å²) >= 11 is 0. The highest BCUT2D eigenvalue weighted by Crippen LogP contribution is 2.17. The summed E-state index contributed by atoms with van der Waals surface area (Å²) in [7, 11) is 0. The van der Waals surface area contributed by atoms with Crippen LogP contribution in [-0.2, 0) is 16.1 Å². The van der Waals surface area contributed by atoms with Gasteiger partial charge in [-0.25, -0.2) is 5.48 Å². The molecule has 0 radical (unpaired) electrons. The number of nitrogens with two attached hydrogens (primary N) is 1. The molecule has 0 unspecified atom stereocenters. The molecule has 3 rings (SSSR count). The first-order chi connectivity index (χ1) is 16.4. The largest absolute Gasteiger partial charge is 0.379 e. The normalized spacial score (nSPS) is 16.1. The Kier molecular flexibility index (Phi) is 9.12. The molecule has 0 spiro atoms. The molecular weight excluding hydrogens is 432 g/mol. The minimum Gasteiger partial charge on any atom is -0.379 e. The zero-order valence-electron chi connectivity index (χ0n) is 19.4. The van der Waals surface area contributed by atoms with Crippen LogP contribution in [0.5, 0.6) is 0 Å². The zero-order chi connectivity index (χ0) is 24.5. The lowest BCUT2D eigenvalue weighted by Gasteiger charge is -2.26. The van der Waals surface area contributed by atoms with Crippen LogP contribution in [0.3, 0.4) is 0 Å². The maximum Gasteiger partial charge on any atom is 0.267 e. The van der Waals surface area contributed by atoms with Crippen molar-refractivity contribution in [1.29, 1.82) is 0 Å². The van der Waals surface area contributed by atoms with Crippen LogP contribution < -0.4 is 16.5 Å². The summed E-state index contributed by atoms with van der Waals surface area (Å²) < 4.78 is 5.40. The average molecular weight is 465 g/mol. The van der Waals surface area contributed by atoms with E-state index in [2.05, 4.69) is 41.1 Å². The van der Waals surface area contributed by atoms with Gasteiger partial charge >= 0.3 is 0 Å². The average Bonchev–Trinajstić information content (AvgIpc) is 2.86. The van der Waals surface area contributed by atoms with E-state index in [1.807, 2.05) is 12.2 Å². The molecule has 2 atom stereocenters. The van der Waals surface area contributed by atoms with E-state index in [4.69, 9.17) is 15.7 Å². The molecule has 2 amide bonds. The van der Waals surface area contributed by atoms with Gasteiger partial charge < -0.3 is 15.8 Å². The molecule has 1 saturated heterocycles. The molecule has 2 aromatic carbocycles. The lowest BCUT2D eigenvalue weighted by molar-refractivity contribution is -0.131. The number of ether oxygens (including phenoxy) is 1. The Hall–Kier alpha value is -3.30. The van der Waals surface area contributed by atoms with Crippen LogP contribution in [0.1, 0.15) is 34.0 Å². The van der Waals surface area contributed by atoms with Crippen LogP contribution in [-0.4, -0.2) is 60.3 Å². The van der Waals surface area contributed by atoms with Gasteiger partial charge in [-0.05, 0) is 41.3 Å². The highest BCUT2D eigenvalue weighted by atomic mass is 16.5. The van der Waals surface area contributed by atoms with Crippen molar-refractivity contribution in [2.45, 2.75) is 25.6 Å². The predicted molar refractivity (Wildman–Crippen MR) is 132 cm³/mol. The maximum atomic E-state index is 12.5. The van der Waals surface area contributed by atoms with Gasteiger partial charge in [-0.1, -0.05) is 55.1 Å². The first-order valence-corrected chi connectivity index (χ1v) is 11.2. The van der Waals surface area contributed by atoms with Crippen LogP contribution in [0.15, 0.2) is 61.2 Å². The molecule has 0 aromatic heterocycles. The Morgan fingerprint density at radius 1 is 1.12 bits per heavy atom. The molecule has 1 fully saturated rings. The van der Waals surface area contributed by atoms with Crippen molar-refractivity contribution in [2.24, 2.45) is 5.73 Å². The van der Waals surface area contributed by atoms with E-state index in [-0.39, 0.29) is 0 Å². The van der Waals surface area contributed by atoms with Crippen molar-refractivity contribution < 1.29 is 19.5 Å². The lowest BCUT2D eigenvalue weighted by atomic mass is 10.0. The molecule has 180 valence electrons. The summed E-state index contributed by atoms with van der Waals surface area (Å²) in [6.07, 6.45) is 3.94. The smallest absolute Gasteiger partial charge is 0.267 e. The van der Waals surface area contributed by atoms with E-state index in [0.717, 1.165) is 49.5 Å². The fraction of sp³-hybridized carbons (Fsp3) is 0.308. The standard InChI is InChI=1S/C26H32N4O4/c1-18(3-4-20-5-7-21(8-6-20)17-30-13-15-34-16-14-30)22-9-11-23(12-10-22)25(31)28-24(19(2)27)26(32)29-33/h3-12,19,24,33H,1,13-17,27H2,2H3,(H,28,31)(H,29,32)/t19-,24+/m1/s1. The first kappa shape index (κ1) is 25.3. The highest BCUT2D eigenvalue weighted by Gasteiger charge is 2.24. The van der Waals surface area contributed by atoms with E-state index >= 15 is 0 Å². The van der Waals surface area contributed by atoms with Gasteiger partial charge in [-0.2, -0.15) is 0 Å². The van der Waals surface area contributed by atoms with E-state index in [1.165, 1.54) is 11.0 Å². The number of carbonyl (C=O) groups is 2. The minimum absolute atomic E-state index is 0.368. The molecule has 8 heteroatoms. The quantitative estimate of drug-likeness (QED) is 0.257. The second-order valence-corrected chi connectivity index (χ2v) is 8.35. The minimum atomic E-state index is -1.05. The Morgan fingerprint density at radius 2 is 1.74 bits per heavy atom. The molecular formula is C26H32N4O4. The van der Waals surface area contributed by atoms with Crippen molar-refractivity contribution in [3.05, 3.63) is 83.4 Å². The topological polar surface area (TPSA) is 117 Å². The summed E-state index contributed by atoms with van der Waals surface area (Å²) in [6, 6.07) is 13.6. The van der Waals surface area contributed by atoms with Crippen molar-refractivity contribution in [1.82, 2.24) is 15.7 Å². The molecule has 34 heavy (non-hydrogen) atoms. The Bertz CT molecular complexity index is 1010. The Balaban J connectivity index is 1.56. The summed E-state index contributed by atoms with van der Waals surface area (Å²) in [6.45, 7) is 10.1. The van der Waals surface area contributed by atoms with Gasteiger partial charge in [0, 0.05) is 31.2 Å². The van der Waals surface area contributed by atoms with E-state index in [1.54, 1.807) is 31.2 Å². The molecule has 5 N–H and O–H groups in total. The van der Waals surface area contributed by atoms with Crippen molar-refractivity contribution in [2.75, 3.05) is 26.3 Å². The van der Waals surface area contributed by atoms with Gasteiger partial charge in [0.2, 0.25) is 0 Å². The van der Waals surface area contributed by atoms with E-state index < -0.39 is 23.9 Å². The highest BCUT2D eigenvalue weighted by molar-refractivity contribution is 5.98. The number of amides is 2. The Morgan fingerprint density at radius 3 is 2.32 bits per heavy atom. The van der Waals surface area contributed by atoms with Crippen LogP contribution in [0.2, 0.25) is 0 Å². The molecule has 2 aromatic rings. The number of hydrogen-bond donors (Lipinski definition) is 4. The number of benzene rings is 2. The van der Waals surface area contributed by atoms with Crippen molar-refractivity contribution in [3.8, 4) is 0 Å². The first-order valence-electron chi connectivity index (χ1n) is 11.2. The third kappa shape index (κ3) is 7.10.